The van der Waals surface area contributed by atoms with Crippen molar-refractivity contribution in [2.75, 3.05) is 7.11 Å². The van der Waals surface area contributed by atoms with Crippen LogP contribution in [-0.2, 0) is 7.05 Å². The van der Waals surface area contributed by atoms with Crippen LogP contribution in [0.4, 0.5) is 0 Å². The van der Waals surface area contributed by atoms with Crippen LogP contribution in [0.2, 0.25) is 0 Å². The van der Waals surface area contributed by atoms with E-state index in [9.17, 15) is 9.59 Å². The van der Waals surface area contributed by atoms with E-state index in [1.54, 1.807) is 44.4 Å². The molecule has 8 nitrogen and oxygen atoms in total. The van der Waals surface area contributed by atoms with Gasteiger partial charge < -0.3 is 10.1 Å². The number of carbonyl (C=O) groups excluding carboxylic acids is 1. The van der Waals surface area contributed by atoms with E-state index in [1.807, 2.05) is 0 Å². The molecule has 3 rings (SSSR count). The maximum atomic E-state index is 12.8. The van der Waals surface area contributed by atoms with Crippen LogP contribution in [0.25, 0.3) is 11.4 Å². The lowest BCUT2D eigenvalue weighted by molar-refractivity contribution is 0.0934. The van der Waals surface area contributed by atoms with Crippen molar-refractivity contribution in [3.63, 3.8) is 0 Å². The maximum absolute atomic E-state index is 12.8. The number of methoxy groups -OCH3 is 1. The molecule has 0 aliphatic heterocycles. The molecule has 1 unspecified atom stereocenters. The Morgan fingerprint density at radius 1 is 1.25 bits per heavy atom. The van der Waals surface area contributed by atoms with Crippen LogP contribution in [-0.4, -0.2) is 32.5 Å². The van der Waals surface area contributed by atoms with Crippen LogP contribution in [0.3, 0.4) is 0 Å². The van der Waals surface area contributed by atoms with E-state index in [-0.39, 0.29) is 11.5 Å². The van der Waals surface area contributed by atoms with Crippen molar-refractivity contribution in [2.45, 2.75) is 13.0 Å². The monoisotopic (exact) mass is 443 g/mol. The number of benzene rings is 1. The van der Waals surface area contributed by atoms with Crippen LogP contribution in [0.15, 0.2) is 52.1 Å². The Hall–Kier alpha value is -3.07. The van der Waals surface area contributed by atoms with Gasteiger partial charge in [-0.25, -0.2) is 15.0 Å². The number of halogens is 1. The lowest BCUT2D eigenvalue weighted by atomic mass is 10.1. The van der Waals surface area contributed by atoms with Gasteiger partial charge in [0, 0.05) is 23.8 Å². The maximum Gasteiger partial charge on any atom is 0.255 e. The Balaban J connectivity index is 1.94. The lowest BCUT2D eigenvalue weighted by Crippen LogP contribution is -2.32. The predicted molar refractivity (Wildman–Crippen MR) is 107 cm³/mol. The highest BCUT2D eigenvalue weighted by Crippen LogP contribution is 2.24. The van der Waals surface area contributed by atoms with E-state index in [0.29, 0.717) is 28.5 Å². The summed E-state index contributed by atoms with van der Waals surface area (Å²) in [6.07, 6.45) is 2.96. The van der Waals surface area contributed by atoms with Gasteiger partial charge in [-0.05, 0) is 31.2 Å². The standard InChI is InChI=1S/C19H18BrN5O3/c1-11(23-19(27)13-8-12(20)4-5-16(13)28-3)18-24-15(9-17(26)25(18)2)14-6-7-21-10-22-14/h4-11H,1-3H3,(H,23,27). The predicted octanol–water partition coefficient (Wildman–Crippen LogP) is 2.50. The third kappa shape index (κ3) is 4.09. The van der Waals surface area contributed by atoms with E-state index in [1.165, 1.54) is 24.1 Å². The average molecular weight is 444 g/mol. The fourth-order valence-corrected chi connectivity index (χ4v) is 3.08. The number of amides is 1. The zero-order chi connectivity index (χ0) is 20.3. The number of hydrogen-bond acceptors (Lipinski definition) is 6. The molecule has 0 bridgehead atoms. The number of nitrogens with one attached hydrogen (secondary N) is 1. The Morgan fingerprint density at radius 3 is 2.71 bits per heavy atom. The van der Waals surface area contributed by atoms with Gasteiger partial charge in [0.2, 0.25) is 0 Å². The normalized spacial score (nSPS) is 11.7. The summed E-state index contributed by atoms with van der Waals surface area (Å²) in [5.74, 6) is 0.514. The van der Waals surface area contributed by atoms with Crippen LogP contribution in [0.5, 0.6) is 5.75 Å². The van der Waals surface area contributed by atoms with Crippen molar-refractivity contribution in [2.24, 2.45) is 7.05 Å². The van der Waals surface area contributed by atoms with Crippen molar-refractivity contribution >= 4 is 21.8 Å². The van der Waals surface area contributed by atoms with Gasteiger partial charge in [0.15, 0.2) is 0 Å². The number of rotatable bonds is 5. The molecule has 0 spiro atoms. The molecule has 2 heterocycles. The molecule has 9 heteroatoms. The molecule has 0 fully saturated rings. The molecule has 28 heavy (non-hydrogen) atoms. The van der Waals surface area contributed by atoms with Crippen LogP contribution >= 0.6 is 15.9 Å². The molecule has 1 N–H and O–H groups in total. The van der Waals surface area contributed by atoms with Crippen molar-refractivity contribution in [3.8, 4) is 17.1 Å². The zero-order valence-electron chi connectivity index (χ0n) is 15.5. The smallest absolute Gasteiger partial charge is 0.255 e. The number of ether oxygens (including phenoxy) is 1. The van der Waals surface area contributed by atoms with Crippen LogP contribution in [0.1, 0.15) is 29.1 Å². The Morgan fingerprint density at radius 2 is 2.04 bits per heavy atom. The quantitative estimate of drug-likeness (QED) is 0.650. The first-order chi connectivity index (χ1) is 13.4. The summed E-state index contributed by atoms with van der Waals surface area (Å²) in [5, 5.41) is 2.87. The average Bonchev–Trinajstić information content (AvgIpc) is 2.70. The van der Waals surface area contributed by atoms with Gasteiger partial charge in [0.1, 0.15) is 17.9 Å². The first-order valence-corrected chi connectivity index (χ1v) is 9.18. The van der Waals surface area contributed by atoms with Gasteiger partial charge in [0.05, 0.1) is 30.1 Å². The number of aromatic nitrogens is 4. The molecule has 0 saturated carbocycles. The summed E-state index contributed by atoms with van der Waals surface area (Å²) in [6, 6.07) is 7.70. The van der Waals surface area contributed by atoms with E-state index in [4.69, 9.17) is 4.74 Å². The number of hydrogen-bond donors (Lipinski definition) is 1. The Kier molecular flexibility index (Phi) is 5.84. The molecule has 0 aliphatic carbocycles. The minimum absolute atomic E-state index is 0.250. The summed E-state index contributed by atoms with van der Waals surface area (Å²) >= 11 is 3.36. The second kappa shape index (κ2) is 8.30. The molecule has 3 aromatic rings. The highest BCUT2D eigenvalue weighted by molar-refractivity contribution is 9.10. The molecule has 2 aromatic heterocycles. The summed E-state index contributed by atoms with van der Waals surface area (Å²) in [4.78, 5) is 37.7. The minimum Gasteiger partial charge on any atom is -0.496 e. The second-order valence-corrected chi connectivity index (χ2v) is 6.95. The molecule has 0 aliphatic rings. The molecule has 1 aromatic carbocycles. The third-order valence-corrected chi connectivity index (χ3v) is 4.65. The molecule has 0 saturated heterocycles. The second-order valence-electron chi connectivity index (χ2n) is 6.03. The van der Waals surface area contributed by atoms with Crippen LogP contribution < -0.4 is 15.6 Å². The first kappa shape index (κ1) is 19.7. The fraction of sp³-hybridized carbons (Fsp3) is 0.211. The topological polar surface area (TPSA) is 99.0 Å². The van der Waals surface area contributed by atoms with E-state index < -0.39 is 6.04 Å². The molecule has 1 amide bonds. The van der Waals surface area contributed by atoms with E-state index in [0.717, 1.165) is 4.47 Å². The van der Waals surface area contributed by atoms with Gasteiger partial charge in [-0.2, -0.15) is 0 Å². The molecule has 144 valence electrons. The van der Waals surface area contributed by atoms with Gasteiger partial charge in [-0.15, -0.1) is 0 Å². The third-order valence-electron chi connectivity index (χ3n) is 4.15. The molecule has 1 atom stereocenters. The number of nitrogens with zero attached hydrogens (tertiary/aromatic N) is 4. The fourth-order valence-electron chi connectivity index (χ4n) is 2.71. The van der Waals surface area contributed by atoms with E-state index in [2.05, 4.69) is 36.2 Å². The molecular weight excluding hydrogens is 426 g/mol. The lowest BCUT2D eigenvalue weighted by Gasteiger charge is -2.18. The molecular formula is C19H18BrN5O3. The highest BCUT2D eigenvalue weighted by Gasteiger charge is 2.20. The first-order valence-electron chi connectivity index (χ1n) is 8.39. The van der Waals surface area contributed by atoms with Gasteiger partial charge in [0.25, 0.3) is 11.5 Å². The van der Waals surface area contributed by atoms with Crippen LogP contribution in [0, 0.1) is 0 Å². The van der Waals surface area contributed by atoms with E-state index >= 15 is 0 Å². The summed E-state index contributed by atoms with van der Waals surface area (Å²) < 4.78 is 7.41. The largest absolute Gasteiger partial charge is 0.496 e. The van der Waals surface area contributed by atoms with Crippen molar-refractivity contribution in [3.05, 3.63) is 69.1 Å². The molecule has 0 radical (unpaired) electrons. The zero-order valence-corrected chi connectivity index (χ0v) is 17.1. The van der Waals surface area contributed by atoms with Crippen molar-refractivity contribution in [1.29, 1.82) is 0 Å². The van der Waals surface area contributed by atoms with Crippen molar-refractivity contribution in [1.82, 2.24) is 24.8 Å². The highest BCUT2D eigenvalue weighted by atomic mass is 79.9. The number of carbonyl (C=O) groups is 1. The van der Waals surface area contributed by atoms with Gasteiger partial charge >= 0.3 is 0 Å². The van der Waals surface area contributed by atoms with Crippen molar-refractivity contribution < 1.29 is 9.53 Å². The summed E-state index contributed by atoms with van der Waals surface area (Å²) in [5.41, 5.74) is 1.07. The Bertz CT molecular complexity index is 1070. The Labute approximate surface area is 169 Å². The van der Waals surface area contributed by atoms with Gasteiger partial charge in [-0.1, -0.05) is 15.9 Å². The SMILES string of the molecule is COc1ccc(Br)cc1C(=O)NC(C)c1nc(-c2ccncn2)cc(=O)n1C. The summed E-state index contributed by atoms with van der Waals surface area (Å²) in [7, 11) is 3.11. The van der Waals surface area contributed by atoms with Gasteiger partial charge in [-0.3, -0.25) is 14.2 Å². The summed E-state index contributed by atoms with van der Waals surface area (Å²) in [6.45, 7) is 1.76. The minimum atomic E-state index is -0.532.